The van der Waals surface area contributed by atoms with Crippen LogP contribution in [-0.2, 0) is 15.9 Å². The normalized spacial score (nSPS) is 13.9. The number of hydrogen-bond donors (Lipinski definition) is 0. The molecule has 176 valence electrons. The summed E-state index contributed by atoms with van der Waals surface area (Å²) in [5.41, 5.74) is 0.951. The number of pyridine rings is 3. The van der Waals surface area contributed by atoms with Gasteiger partial charge >= 0.3 is 6.18 Å². The van der Waals surface area contributed by atoms with Crippen LogP contribution in [0.2, 0.25) is 0 Å². The van der Waals surface area contributed by atoms with Gasteiger partial charge in [-0.05, 0) is 49.6 Å². The summed E-state index contributed by atoms with van der Waals surface area (Å²) in [6.45, 7) is 1.52. The molecule has 0 radical (unpaired) electrons. The number of rotatable bonds is 5. The molecule has 0 spiro atoms. The van der Waals surface area contributed by atoms with Crippen molar-refractivity contribution in [1.29, 1.82) is 5.26 Å². The van der Waals surface area contributed by atoms with Crippen molar-refractivity contribution in [2.75, 3.05) is 12.5 Å². The molecule has 1 saturated carbocycles. The smallest absolute Gasteiger partial charge is 0.433 e. The van der Waals surface area contributed by atoms with Gasteiger partial charge in [-0.3, -0.25) is 4.98 Å². The first-order valence-corrected chi connectivity index (χ1v) is 12.6. The standard InChI is InChI=1S/C23H20F3N5O2S/c1-13-8-19(23(24,25)26)30-20(15-4-5-15)21(13)33-22-18(31-34(2,3)32)7-6-17(29-22)16-9-14(10-27)11-28-12-16/h6-9,11-12,15H,4-5H2,1-3H3. The second-order valence-corrected chi connectivity index (χ2v) is 10.8. The van der Waals surface area contributed by atoms with Gasteiger partial charge in [-0.1, -0.05) is 0 Å². The molecule has 3 aromatic rings. The van der Waals surface area contributed by atoms with Crippen LogP contribution in [0.15, 0.2) is 41.0 Å². The number of halogens is 3. The lowest BCUT2D eigenvalue weighted by Gasteiger charge is -2.17. The molecule has 7 nitrogen and oxygen atoms in total. The van der Waals surface area contributed by atoms with Crippen molar-refractivity contribution in [3.05, 3.63) is 59.2 Å². The van der Waals surface area contributed by atoms with Crippen molar-refractivity contribution in [3.8, 4) is 29.0 Å². The Bertz CT molecular complexity index is 1430. The maximum atomic E-state index is 13.4. The summed E-state index contributed by atoms with van der Waals surface area (Å²) >= 11 is 0. The molecule has 11 heteroatoms. The zero-order valence-corrected chi connectivity index (χ0v) is 19.4. The van der Waals surface area contributed by atoms with Crippen LogP contribution in [0.1, 0.15) is 41.3 Å². The second kappa shape index (κ2) is 8.68. The first kappa shape index (κ1) is 23.6. The molecule has 3 aromatic heterocycles. The van der Waals surface area contributed by atoms with Crippen molar-refractivity contribution in [2.45, 2.75) is 31.9 Å². The Morgan fingerprint density at radius 2 is 1.91 bits per heavy atom. The molecule has 0 saturated heterocycles. The molecule has 0 bridgehead atoms. The molecule has 4 rings (SSSR count). The topological polar surface area (TPSA) is 101 Å². The summed E-state index contributed by atoms with van der Waals surface area (Å²) in [4.78, 5) is 12.4. The van der Waals surface area contributed by atoms with Crippen molar-refractivity contribution in [2.24, 2.45) is 4.36 Å². The van der Waals surface area contributed by atoms with E-state index in [0.29, 0.717) is 29.7 Å². The molecule has 0 aromatic carbocycles. The van der Waals surface area contributed by atoms with Crippen molar-refractivity contribution >= 4 is 15.4 Å². The number of aromatic nitrogens is 3. The molecule has 0 N–H and O–H groups in total. The van der Waals surface area contributed by atoms with Gasteiger partial charge in [0.15, 0.2) is 5.75 Å². The van der Waals surface area contributed by atoms with Crippen molar-refractivity contribution < 1.29 is 22.1 Å². The molecule has 0 amide bonds. The van der Waals surface area contributed by atoms with Gasteiger partial charge in [-0.15, -0.1) is 0 Å². The molecule has 0 unspecified atom stereocenters. The Morgan fingerprint density at radius 3 is 2.53 bits per heavy atom. The van der Waals surface area contributed by atoms with Gasteiger partial charge in [0, 0.05) is 46.1 Å². The van der Waals surface area contributed by atoms with Gasteiger partial charge < -0.3 is 4.74 Å². The molecular formula is C23H20F3N5O2S. The molecular weight excluding hydrogens is 467 g/mol. The Hall–Kier alpha value is -3.52. The van der Waals surface area contributed by atoms with E-state index >= 15 is 0 Å². The Labute approximate surface area is 194 Å². The van der Waals surface area contributed by atoms with E-state index in [1.807, 2.05) is 6.07 Å². The van der Waals surface area contributed by atoms with E-state index in [4.69, 9.17) is 10.00 Å². The number of ether oxygens (including phenoxy) is 1. The summed E-state index contributed by atoms with van der Waals surface area (Å²) in [6.07, 6.45) is 2.66. The molecule has 1 aliphatic rings. The average Bonchev–Trinajstić information content (AvgIpc) is 3.59. The van der Waals surface area contributed by atoms with Gasteiger partial charge in [0.2, 0.25) is 5.88 Å². The minimum atomic E-state index is -4.58. The highest BCUT2D eigenvalue weighted by Gasteiger charge is 2.37. The number of alkyl halides is 3. The minimum absolute atomic E-state index is 0.0251. The van der Waals surface area contributed by atoms with E-state index in [9.17, 15) is 17.4 Å². The lowest BCUT2D eigenvalue weighted by molar-refractivity contribution is -0.141. The van der Waals surface area contributed by atoms with Crippen LogP contribution in [-0.4, -0.2) is 31.7 Å². The quantitative estimate of drug-likeness (QED) is 0.453. The van der Waals surface area contributed by atoms with E-state index in [0.717, 1.165) is 6.07 Å². The van der Waals surface area contributed by atoms with Gasteiger partial charge in [-0.2, -0.15) is 22.8 Å². The molecule has 3 heterocycles. The zero-order chi connectivity index (χ0) is 24.7. The van der Waals surface area contributed by atoms with E-state index in [-0.39, 0.29) is 34.5 Å². The van der Waals surface area contributed by atoms with Crippen LogP contribution in [0.3, 0.4) is 0 Å². The zero-order valence-electron chi connectivity index (χ0n) is 18.6. The summed E-state index contributed by atoms with van der Waals surface area (Å²) < 4.78 is 62.7. The molecule has 0 aliphatic heterocycles. The third-order valence-corrected chi connectivity index (χ3v) is 5.60. The largest absolute Gasteiger partial charge is 0.435 e. The van der Waals surface area contributed by atoms with Crippen LogP contribution in [0, 0.1) is 18.3 Å². The maximum Gasteiger partial charge on any atom is 0.433 e. The number of nitriles is 1. The van der Waals surface area contributed by atoms with Crippen LogP contribution in [0.4, 0.5) is 18.9 Å². The predicted octanol–water partition coefficient (Wildman–Crippen LogP) is 5.77. The Balaban J connectivity index is 1.86. The van der Waals surface area contributed by atoms with Crippen LogP contribution >= 0.6 is 0 Å². The van der Waals surface area contributed by atoms with Gasteiger partial charge in [0.25, 0.3) is 0 Å². The number of aryl methyl sites for hydroxylation is 1. The Kier molecular flexibility index (Phi) is 6.03. The third-order valence-electron chi connectivity index (χ3n) is 4.96. The SMILES string of the molecule is Cc1cc(C(F)(F)F)nc(C2CC2)c1Oc1nc(-c2cncc(C#N)c2)ccc1N=S(C)(C)=O. The highest BCUT2D eigenvalue weighted by molar-refractivity contribution is 7.92. The number of hydrogen-bond acceptors (Lipinski definition) is 7. The average molecular weight is 488 g/mol. The van der Waals surface area contributed by atoms with Crippen molar-refractivity contribution in [3.63, 3.8) is 0 Å². The molecule has 34 heavy (non-hydrogen) atoms. The minimum Gasteiger partial charge on any atom is -0.435 e. The molecule has 1 fully saturated rings. The van der Waals surface area contributed by atoms with Crippen molar-refractivity contribution in [1.82, 2.24) is 15.0 Å². The predicted molar refractivity (Wildman–Crippen MR) is 120 cm³/mol. The van der Waals surface area contributed by atoms with Crippen LogP contribution in [0.25, 0.3) is 11.3 Å². The maximum absolute atomic E-state index is 13.4. The second-order valence-electron chi connectivity index (χ2n) is 8.28. The molecule has 0 atom stereocenters. The van der Waals surface area contributed by atoms with Crippen LogP contribution < -0.4 is 4.74 Å². The van der Waals surface area contributed by atoms with E-state index < -0.39 is 21.6 Å². The van der Waals surface area contributed by atoms with E-state index in [1.54, 1.807) is 18.2 Å². The summed E-state index contributed by atoms with van der Waals surface area (Å²) in [7, 11) is -2.60. The number of nitrogens with zero attached hydrogens (tertiary/aromatic N) is 5. The van der Waals surface area contributed by atoms with Gasteiger partial charge in [0.1, 0.15) is 17.5 Å². The fourth-order valence-electron chi connectivity index (χ4n) is 3.31. The van der Waals surface area contributed by atoms with E-state index in [1.165, 1.54) is 31.8 Å². The third kappa shape index (κ3) is 5.34. The fourth-order valence-corrected chi connectivity index (χ4v) is 3.92. The highest BCUT2D eigenvalue weighted by atomic mass is 32.2. The Morgan fingerprint density at radius 1 is 1.18 bits per heavy atom. The summed E-state index contributed by atoms with van der Waals surface area (Å²) in [6, 6.07) is 7.72. The highest BCUT2D eigenvalue weighted by Crippen LogP contribution is 2.47. The lowest BCUT2D eigenvalue weighted by atomic mass is 10.1. The molecule has 1 aliphatic carbocycles. The lowest BCUT2D eigenvalue weighted by Crippen LogP contribution is -2.11. The summed E-state index contributed by atoms with van der Waals surface area (Å²) in [5, 5.41) is 9.16. The first-order chi connectivity index (χ1) is 15.9. The summed E-state index contributed by atoms with van der Waals surface area (Å²) in [5.74, 6) is 0.0136. The fraction of sp³-hybridized carbons (Fsp3) is 0.304. The van der Waals surface area contributed by atoms with Crippen LogP contribution in [0.5, 0.6) is 11.6 Å². The van der Waals surface area contributed by atoms with E-state index in [2.05, 4.69) is 19.3 Å². The first-order valence-electron chi connectivity index (χ1n) is 10.2. The van der Waals surface area contributed by atoms with Gasteiger partial charge in [0.05, 0.1) is 17.0 Å². The monoisotopic (exact) mass is 487 g/mol. The van der Waals surface area contributed by atoms with Gasteiger partial charge in [-0.25, -0.2) is 14.2 Å².